The van der Waals surface area contributed by atoms with Crippen molar-refractivity contribution in [3.63, 3.8) is 0 Å². The van der Waals surface area contributed by atoms with Crippen LogP contribution in [-0.4, -0.2) is 76.8 Å². The summed E-state index contributed by atoms with van der Waals surface area (Å²) >= 11 is 7.57. The van der Waals surface area contributed by atoms with Crippen LogP contribution in [0.5, 0.6) is 0 Å². The number of carbonyl (C=O) groups excluding carboxylic acids is 3. The van der Waals surface area contributed by atoms with Crippen molar-refractivity contribution in [1.82, 2.24) is 25.0 Å². The highest BCUT2D eigenvalue weighted by atomic mass is 35.5. The van der Waals surface area contributed by atoms with Crippen molar-refractivity contribution in [2.45, 2.75) is 19.4 Å². The van der Waals surface area contributed by atoms with Crippen molar-refractivity contribution in [3.05, 3.63) is 40.4 Å². The second-order valence-electron chi connectivity index (χ2n) is 7.65. The number of carbonyl (C=O) groups is 3. The Morgan fingerprint density at radius 1 is 1.10 bits per heavy atom. The van der Waals surface area contributed by atoms with Crippen LogP contribution < -0.4 is 5.32 Å². The minimum absolute atomic E-state index is 0.0445. The topological polar surface area (TPSA) is 85.9 Å². The highest BCUT2D eigenvalue weighted by Crippen LogP contribution is 2.25. The summed E-state index contributed by atoms with van der Waals surface area (Å²) in [5.41, 5.74) is 2.09. The number of thiazole rings is 1. The van der Waals surface area contributed by atoms with Gasteiger partial charge in [0.2, 0.25) is 11.8 Å². The fourth-order valence-electron chi connectivity index (χ4n) is 3.69. The lowest BCUT2D eigenvalue weighted by atomic mass is 10.2. The van der Waals surface area contributed by atoms with E-state index in [4.69, 9.17) is 16.6 Å². The molecule has 0 radical (unpaired) electrons. The molecule has 1 aromatic carbocycles. The molecule has 0 aliphatic carbocycles. The van der Waals surface area contributed by atoms with Crippen LogP contribution in [-0.2, 0) is 16.1 Å². The molecule has 1 aromatic heterocycles. The molecule has 0 unspecified atom stereocenters. The summed E-state index contributed by atoms with van der Waals surface area (Å²) in [4.78, 5) is 45.9. The van der Waals surface area contributed by atoms with E-state index in [1.54, 1.807) is 11.3 Å². The lowest BCUT2D eigenvalue weighted by molar-refractivity contribution is -0.133. The normalized spacial score (nSPS) is 17.7. The van der Waals surface area contributed by atoms with Crippen LogP contribution in [0.4, 0.5) is 4.79 Å². The molecule has 4 amide bonds. The van der Waals surface area contributed by atoms with Crippen molar-refractivity contribution in [3.8, 4) is 10.6 Å². The maximum atomic E-state index is 12.5. The van der Waals surface area contributed by atoms with E-state index in [9.17, 15) is 14.4 Å². The second kappa shape index (κ2) is 9.76. The zero-order chi connectivity index (χ0) is 21.8. The molecule has 0 atom stereocenters. The number of urea groups is 1. The quantitative estimate of drug-likeness (QED) is 0.714. The number of piperazine rings is 1. The Morgan fingerprint density at radius 3 is 2.55 bits per heavy atom. The zero-order valence-electron chi connectivity index (χ0n) is 17.1. The first-order valence-corrected chi connectivity index (χ1v) is 11.5. The van der Waals surface area contributed by atoms with Gasteiger partial charge in [0.1, 0.15) is 5.01 Å². The SMILES string of the molecule is O=C1CCN(CCC(=O)N2CCN(Cc3csc(-c4ccc(Cl)cc4)n3)CC2)C(=O)N1. The molecule has 2 aliphatic heterocycles. The first-order chi connectivity index (χ1) is 15.0. The number of aromatic nitrogens is 1. The van der Waals surface area contributed by atoms with E-state index in [2.05, 4.69) is 15.6 Å². The molecule has 4 rings (SSSR count). The number of imide groups is 1. The first kappa shape index (κ1) is 21.7. The molecule has 0 bridgehead atoms. The van der Waals surface area contributed by atoms with E-state index in [-0.39, 0.29) is 24.7 Å². The average Bonchev–Trinajstić information content (AvgIpc) is 3.22. The summed E-state index contributed by atoms with van der Waals surface area (Å²) in [6.07, 6.45) is 0.563. The summed E-state index contributed by atoms with van der Waals surface area (Å²) in [6, 6.07) is 7.27. The van der Waals surface area contributed by atoms with E-state index in [1.807, 2.05) is 29.2 Å². The van der Waals surface area contributed by atoms with Gasteiger partial charge in [-0.2, -0.15) is 0 Å². The number of hydrogen-bond acceptors (Lipinski definition) is 6. The fourth-order valence-corrected chi connectivity index (χ4v) is 4.63. The van der Waals surface area contributed by atoms with Gasteiger partial charge in [-0.25, -0.2) is 9.78 Å². The Hall–Kier alpha value is -2.49. The van der Waals surface area contributed by atoms with Gasteiger partial charge in [-0.15, -0.1) is 11.3 Å². The molecule has 0 spiro atoms. The van der Waals surface area contributed by atoms with Crippen LogP contribution in [0.15, 0.2) is 29.6 Å². The Kier molecular flexibility index (Phi) is 6.84. The summed E-state index contributed by atoms with van der Waals surface area (Å²) in [5, 5.41) is 6.05. The maximum absolute atomic E-state index is 12.5. The van der Waals surface area contributed by atoms with Crippen LogP contribution in [0, 0.1) is 0 Å². The van der Waals surface area contributed by atoms with Gasteiger partial charge in [0.05, 0.1) is 5.69 Å². The molecule has 2 aromatic rings. The van der Waals surface area contributed by atoms with E-state index in [0.29, 0.717) is 31.2 Å². The predicted molar refractivity (Wildman–Crippen MR) is 119 cm³/mol. The van der Waals surface area contributed by atoms with Gasteiger partial charge in [-0.05, 0) is 12.1 Å². The second-order valence-corrected chi connectivity index (χ2v) is 8.94. The van der Waals surface area contributed by atoms with Crippen molar-refractivity contribution in [2.75, 3.05) is 39.3 Å². The largest absolute Gasteiger partial charge is 0.340 e. The lowest BCUT2D eigenvalue weighted by Crippen LogP contribution is -2.51. The van der Waals surface area contributed by atoms with Gasteiger partial charge in [0, 0.05) is 74.6 Å². The number of nitrogens with zero attached hydrogens (tertiary/aromatic N) is 4. The zero-order valence-corrected chi connectivity index (χ0v) is 18.6. The summed E-state index contributed by atoms with van der Waals surface area (Å²) in [5.74, 6) is -0.216. The molecular weight excluding hydrogens is 438 g/mol. The minimum Gasteiger partial charge on any atom is -0.340 e. The molecule has 3 heterocycles. The number of rotatable bonds is 6. The van der Waals surface area contributed by atoms with Crippen LogP contribution in [0.3, 0.4) is 0 Å². The molecule has 10 heteroatoms. The third-order valence-electron chi connectivity index (χ3n) is 5.49. The molecule has 2 aliphatic rings. The van der Waals surface area contributed by atoms with E-state index in [0.717, 1.165) is 35.9 Å². The van der Waals surface area contributed by atoms with E-state index < -0.39 is 6.03 Å². The molecular formula is C21H24ClN5O3S. The lowest BCUT2D eigenvalue weighted by Gasteiger charge is -2.35. The van der Waals surface area contributed by atoms with Crippen LogP contribution in [0.25, 0.3) is 10.6 Å². The van der Waals surface area contributed by atoms with Gasteiger partial charge in [-0.1, -0.05) is 23.7 Å². The highest BCUT2D eigenvalue weighted by Gasteiger charge is 2.26. The standard InChI is InChI=1S/C21H24ClN5O3S/c22-16-3-1-15(2-4-16)20-23-17(14-31-20)13-25-9-11-26(12-10-25)19(29)6-8-27-7-5-18(28)24-21(27)30/h1-4,14H,5-13H2,(H,24,28,30). The Morgan fingerprint density at radius 2 is 1.84 bits per heavy atom. The molecule has 164 valence electrons. The first-order valence-electron chi connectivity index (χ1n) is 10.3. The third kappa shape index (κ3) is 5.61. The van der Waals surface area contributed by atoms with E-state index in [1.165, 1.54) is 4.90 Å². The Bertz CT molecular complexity index is 956. The molecule has 2 saturated heterocycles. The van der Waals surface area contributed by atoms with Crippen LogP contribution >= 0.6 is 22.9 Å². The number of hydrogen-bond donors (Lipinski definition) is 1. The number of halogens is 1. The van der Waals surface area contributed by atoms with Crippen molar-refractivity contribution in [2.24, 2.45) is 0 Å². The number of amides is 4. The van der Waals surface area contributed by atoms with Gasteiger partial charge in [0.25, 0.3) is 0 Å². The monoisotopic (exact) mass is 461 g/mol. The van der Waals surface area contributed by atoms with Gasteiger partial charge < -0.3 is 9.80 Å². The van der Waals surface area contributed by atoms with Crippen LogP contribution in [0.1, 0.15) is 18.5 Å². The molecule has 2 fully saturated rings. The Labute approximate surface area is 189 Å². The maximum Gasteiger partial charge on any atom is 0.324 e. The summed E-state index contributed by atoms with van der Waals surface area (Å²) < 4.78 is 0. The van der Waals surface area contributed by atoms with Crippen LogP contribution in [0.2, 0.25) is 5.02 Å². The van der Waals surface area contributed by atoms with Gasteiger partial charge >= 0.3 is 6.03 Å². The number of nitrogens with one attached hydrogen (secondary N) is 1. The Balaban J connectivity index is 1.22. The molecule has 8 nitrogen and oxygen atoms in total. The van der Waals surface area contributed by atoms with Crippen molar-refractivity contribution < 1.29 is 14.4 Å². The summed E-state index contributed by atoms with van der Waals surface area (Å²) in [7, 11) is 0. The van der Waals surface area contributed by atoms with Crippen molar-refractivity contribution >= 4 is 40.8 Å². The number of benzene rings is 1. The van der Waals surface area contributed by atoms with Gasteiger partial charge in [0.15, 0.2) is 0 Å². The molecule has 31 heavy (non-hydrogen) atoms. The third-order valence-corrected chi connectivity index (χ3v) is 6.68. The summed E-state index contributed by atoms with van der Waals surface area (Å²) in [6.45, 7) is 4.38. The van der Waals surface area contributed by atoms with Crippen molar-refractivity contribution in [1.29, 1.82) is 0 Å². The predicted octanol–water partition coefficient (Wildman–Crippen LogP) is 2.44. The highest BCUT2D eigenvalue weighted by molar-refractivity contribution is 7.13. The van der Waals surface area contributed by atoms with Gasteiger partial charge in [-0.3, -0.25) is 19.8 Å². The molecule has 0 saturated carbocycles. The average molecular weight is 462 g/mol. The smallest absolute Gasteiger partial charge is 0.324 e. The molecule has 1 N–H and O–H groups in total. The fraction of sp³-hybridized carbons (Fsp3) is 0.429. The minimum atomic E-state index is -0.407. The van der Waals surface area contributed by atoms with E-state index >= 15 is 0 Å².